The van der Waals surface area contributed by atoms with E-state index in [0.717, 1.165) is 11.6 Å². The fourth-order valence-corrected chi connectivity index (χ4v) is 3.19. The van der Waals surface area contributed by atoms with Gasteiger partial charge >= 0.3 is 0 Å². The molecule has 0 radical (unpaired) electrons. The van der Waals surface area contributed by atoms with Crippen LogP contribution in [0.15, 0.2) is 12.1 Å². The van der Waals surface area contributed by atoms with Crippen LogP contribution in [0.25, 0.3) is 0 Å². The first-order valence-corrected chi connectivity index (χ1v) is 7.73. The summed E-state index contributed by atoms with van der Waals surface area (Å²) in [4.78, 5) is 0. The molecule has 1 aliphatic carbocycles. The highest BCUT2D eigenvalue weighted by Crippen LogP contribution is 2.37. The van der Waals surface area contributed by atoms with E-state index >= 15 is 0 Å². The molecule has 1 aromatic rings. The maximum atomic E-state index is 6.33. The minimum absolute atomic E-state index is 0.504. The third-order valence-electron chi connectivity index (χ3n) is 4.19. The Morgan fingerprint density at radius 1 is 1.20 bits per heavy atom. The second kappa shape index (κ2) is 7.07. The van der Waals surface area contributed by atoms with Crippen molar-refractivity contribution >= 4 is 17.3 Å². The molecule has 2 unspecified atom stereocenters. The Balaban J connectivity index is 2.12. The van der Waals surface area contributed by atoms with Crippen LogP contribution in [0, 0.1) is 5.92 Å². The summed E-state index contributed by atoms with van der Waals surface area (Å²) >= 11 is 6.33. The van der Waals surface area contributed by atoms with Crippen molar-refractivity contribution in [1.29, 1.82) is 0 Å². The summed E-state index contributed by atoms with van der Waals surface area (Å²) in [6.45, 7) is 2.27. The van der Waals surface area contributed by atoms with Gasteiger partial charge in [0.1, 0.15) is 0 Å². The summed E-state index contributed by atoms with van der Waals surface area (Å²) < 4.78 is 10.6. The van der Waals surface area contributed by atoms with Crippen molar-refractivity contribution in [2.75, 3.05) is 19.5 Å². The second-order valence-electron chi connectivity index (χ2n) is 5.47. The summed E-state index contributed by atoms with van der Waals surface area (Å²) in [6, 6.07) is 4.24. The Morgan fingerprint density at radius 3 is 2.55 bits per heavy atom. The Bertz CT molecular complexity index is 450. The molecule has 0 aliphatic heterocycles. The molecule has 0 aromatic heterocycles. The molecule has 1 saturated carbocycles. The van der Waals surface area contributed by atoms with Crippen LogP contribution in [-0.2, 0) is 0 Å². The van der Waals surface area contributed by atoms with Crippen molar-refractivity contribution in [3.63, 3.8) is 0 Å². The van der Waals surface area contributed by atoms with Crippen LogP contribution in [0.1, 0.15) is 39.0 Å². The van der Waals surface area contributed by atoms with E-state index in [-0.39, 0.29) is 0 Å². The molecule has 4 heteroatoms. The number of halogens is 1. The summed E-state index contributed by atoms with van der Waals surface area (Å²) in [5.74, 6) is 2.21. The average Bonchev–Trinajstić information content (AvgIpc) is 2.49. The highest BCUT2D eigenvalue weighted by Gasteiger charge is 2.21. The van der Waals surface area contributed by atoms with Crippen molar-refractivity contribution < 1.29 is 9.47 Å². The van der Waals surface area contributed by atoms with Crippen LogP contribution in [0.2, 0.25) is 5.02 Å². The van der Waals surface area contributed by atoms with Crippen molar-refractivity contribution in [3.05, 3.63) is 17.2 Å². The number of ether oxygens (including phenoxy) is 2. The molecule has 1 aliphatic rings. The Kier molecular flexibility index (Phi) is 5.41. The van der Waals surface area contributed by atoms with E-state index in [1.807, 2.05) is 12.1 Å². The highest BCUT2D eigenvalue weighted by atomic mass is 35.5. The Labute approximate surface area is 126 Å². The summed E-state index contributed by atoms with van der Waals surface area (Å²) in [6.07, 6.45) is 6.34. The number of hydrogen-bond donors (Lipinski definition) is 1. The zero-order chi connectivity index (χ0) is 14.5. The third-order valence-corrected chi connectivity index (χ3v) is 4.51. The lowest BCUT2D eigenvalue weighted by molar-refractivity contribution is 0.327. The number of benzene rings is 1. The first kappa shape index (κ1) is 15.3. The van der Waals surface area contributed by atoms with Crippen LogP contribution in [0.4, 0.5) is 5.69 Å². The van der Waals surface area contributed by atoms with Crippen LogP contribution in [0.3, 0.4) is 0 Å². The van der Waals surface area contributed by atoms with Crippen molar-refractivity contribution in [2.45, 2.75) is 45.1 Å². The van der Waals surface area contributed by atoms with E-state index in [4.69, 9.17) is 21.1 Å². The van der Waals surface area contributed by atoms with Gasteiger partial charge in [-0.1, -0.05) is 37.8 Å². The topological polar surface area (TPSA) is 30.5 Å². The zero-order valence-electron chi connectivity index (χ0n) is 12.5. The van der Waals surface area contributed by atoms with Crippen molar-refractivity contribution in [1.82, 2.24) is 0 Å². The lowest BCUT2D eigenvalue weighted by Crippen LogP contribution is -2.27. The molecule has 20 heavy (non-hydrogen) atoms. The number of anilines is 1. The van der Waals surface area contributed by atoms with Crippen molar-refractivity contribution in [3.8, 4) is 11.5 Å². The monoisotopic (exact) mass is 297 g/mol. The second-order valence-corrected chi connectivity index (χ2v) is 5.88. The lowest BCUT2D eigenvalue weighted by atomic mass is 9.84. The number of rotatable bonds is 5. The van der Waals surface area contributed by atoms with Gasteiger partial charge in [0.15, 0.2) is 11.5 Å². The quantitative estimate of drug-likeness (QED) is 0.851. The van der Waals surface area contributed by atoms with Gasteiger partial charge in [-0.25, -0.2) is 0 Å². The molecule has 0 amide bonds. The maximum Gasteiger partial charge on any atom is 0.162 e. The third kappa shape index (κ3) is 3.51. The normalized spacial score (nSPS) is 22.4. The lowest BCUT2D eigenvalue weighted by Gasteiger charge is -2.30. The molecule has 0 spiro atoms. The van der Waals surface area contributed by atoms with E-state index in [1.165, 1.54) is 32.1 Å². The van der Waals surface area contributed by atoms with Gasteiger partial charge in [0.25, 0.3) is 0 Å². The predicted octanol–water partition coefficient (Wildman–Crippen LogP) is 4.74. The van der Waals surface area contributed by atoms with Crippen LogP contribution in [-0.4, -0.2) is 20.3 Å². The molecule has 0 heterocycles. The minimum atomic E-state index is 0.504. The van der Waals surface area contributed by atoms with Crippen LogP contribution >= 0.6 is 11.6 Å². The standard InChI is InChI=1S/C16H24ClNO2/c1-4-11-6-5-7-12(8-11)18-14-10-16(20-3)15(19-2)9-13(14)17/h9-12,18H,4-8H2,1-3H3. The van der Waals surface area contributed by atoms with E-state index in [2.05, 4.69) is 12.2 Å². The van der Waals surface area contributed by atoms with E-state index in [9.17, 15) is 0 Å². The Hall–Kier alpha value is -1.09. The van der Waals surface area contributed by atoms with Gasteiger partial charge in [-0.3, -0.25) is 0 Å². The molecule has 1 N–H and O–H groups in total. The minimum Gasteiger partial charge on any atom is -0.493 e. The van der Waals surface area contributed by atoms with E-state index in [0.29, 0.717) is 22.6 Å². The van der Waals surface area contributed by atoms with E-state index in [1.54, 1.807) is 14.2 Å². The molecule has 1 aromatic carbocycles. The molecule has 2 rings (SSSR count). The molecule has 2 atom stereocenters. The fourth-order valence-electron chi connectivity index (χ4n) is 2.98. The van der Waals surface area contributed by atoms with Gasteiger partial charge < -0.3 is 14.8 Å². The molecule has 112 valence electrons. The molecular weight excluding hydrogens is 274 g/mol. The van der Waals surface area contributed by atoms with E-state index < -0.39 is 0 Å². The fraction of sp³-hybridized carbons (Fsp3) is 0.625. The SMILES string of the molecule is CCC1CCCC(Nc2cc(OC)c(OC)cc2Cl)C1. The summed E-state index contributed by atoms with van der Waals surface area (Å²) in [5, 5.41) is 4.25. The molecule has 1 fully saturated rings. The molecular formula is C16H24ClNO2. The van der Waals surface area contributed by atoms with Gasteiger partial charge in [0.2, 0.25) is 0 Å². The average molecular weight is 298 g/mol. The molecule has 0 saturated heterocycles. The number of nitrogens with one attached hydrogen (secondary N) is 1. The van der Waals surface area contributed by atoms with Crippen LogP contribution in [0.5, 0.6) is 11.5 Å². The van der Waals surface area contributed by atoms with Crippen LogP contribution < -0.4 is 14.8 Å². The summed E-state index contributed by atoms with van der Waals surface area (Å²) in [7, 11) is 3.26. The predicted molar refractivity (Wildman–Crippen MR) is 84.2 cm³/mol. The largest absolute Gasteiger partial charge is 0.493 e. The smallest absolute Gasteiger partial charge is 0.162 e. The van der Waals surface area contributed by atoms with Gasteiger partial charge in [-0.15, -0.1) is 0 Å². The number of hydrogen-bond acceptors (Lipinski definition) is 3. The highest BCUT2D eigenvalue weighted by molar-refractivity contribution is 6.33. The molecule has 0 bridgehead atoms. The van der Waals surface area contributed by atoms with Gasteiger partial charge in [-0.2, -0.15) is 0 Å². The number of methoxy groups -OCH3 is 2. The zero-order valence-corrected chi connectivity index (χ0v) is 13.3. The first-order chi connectivity index (χ1) is 9.67. The van der Waals surface area contributed by atoms with Gasteiger partial charge in [0, 0.05) is 18.2 Å². The van der Waals surface area contributed by atoms with Crippen molar-refractivity contribution in [2.24, 2.45) is 5.92 Å². The first-order valence-electron chi connectivity index (χ1n) is 7.36. The maximum absolute atomic E-state index is 6.33. The Morgan fingerprint density at radius 2 is 1.90 bits per heavy atom. The van der Waals surface area contributed by atoms with Gasteiger partial charge in [-0.05, 0) is 18.8 Å². The van der Waals surface area contributed by atoms with Gasteiger partial charge in [0.05, 0.1) is 24.9 Å². The summed E-state index contributed by atoms with van der Waals surface area (Å²) in [5.41, 5.74) is 0.936. The molecule has 3 nitrogen and oxygen atoms in total.